The van der Waals surface area contributed by atoms with Gasteiger partial charge in [0.15, 0.2) is 0 Å². The number of aliphatic hydroxyl groups excluding tert-OH is 1. The Hall–Kier alpha value is -0.910. The van der Waals surface area contributed by atoms with E-state index in [1.54, 1.807) is 18.2 Å². The summed E-state index contributed by atoms with van der Waals surface area (Å²) in [7, 11) is 0. The maximum absolute atomic E-state index is 13.5. The standard InChI is InChI=1S/C13H9BrF2OS/c14-10-5-8(7-17)1-3-12(10)18-13-4-2-9(15)6-11(13)16/h1-6,17H,7H2. The molecule has 2 aromatic carbocycles. The van der Waals surface area contributed by atoms with Crippen molar-refractivity contribution < 1.29 is 13.9 Å². The average Bonchev–Trinajstić information content (AvgIpc) is 2.34. The molecule has 0 aliphatic carbocycles. The fourth-order valence-corrected chi connectivity index (χ4v) is 2.89. The molecule has 0 bridgehead atoms. The first-order valence-corrected chi connectivity index (χ1v) is 6.73. The summed E-state index contributed by atoms with van der Waals surface area (Å²) in [6, 6.07) is 8.79. The van der Waals surface area contributed by atoms with Crippen LogP contribution in [0.4, 0.5) is 8.78 Å². The Labute approximate surface area is 116 Å². The molecule has 0 aliphatic heterocycles. The van der Waals surface area contributed by atoms with Gasteiger partial charge in [-0.2, -0.15) is 0 Å². The molecule has 5 heteroatoms. The summed E-state index contributed by atoms with van der Waals surface area (Å²) < 4.78 is 27.0. The van der Waals surface area contributed by atoms with Gasteiger partial charge in [-0.3, -0.25) is 0 Å². The molecule has 0 fully saturated rings. The molecule has 0 aromatic heterocycles. The van der Waals surface area contributed by atoms with Crippen LogP contribution in [0.2, 0.25) is 0 Å². The molecule has 0 spiro atoms. The third-order valence-electron chi connectivity index (χ3n) is 2.29. The average molecular weight is 331 g/mol. The van der Waals surface area contributed by atoms with Crippen LogP contribution >= 0.6 is 27.7 Å². The van der Waals surface area contributed by atoms with Crippen LogP contribution in [0, 0.1) is 11.6 Å². The molecule has 0 unspecified atom stereocenters. The van der Waals surface area contributed by atoms with Gasteiger partial charge in [-0.15, -0.1) is 0 Å². The molecule has 0 saturated heterocycles. The number of rotatable bonds is 3. The third kappa shape index (κ3) is 3.10. The van der Waals surface area contributed by atoms with Gasteiger partial charge in [-0.05, 0) is 45.8 Å². The molecule has 1 N–H and O–H groups in total. The molecule has 1 nitrogen and oxygen atoms in total. The van der Waals surface area contributed by atoms with Crippen molar-refractivity contribution in [1.29, 1.82) is 0 Å². The molecule has 0 aliphatic rings. The van der Waals surface area contributed by atoms with Gasteiger partial charge in [-0.25, -0.2) is 8.78 Å². The molecule has 0 saturated carbocycles. The van der Waals surface area contributed by atoms with Crippen molar-refractivity contribution in [1.82, 2.24) is 0 Å². The van der Waals surface area contributed by atoms with Crippen molar-refractivity contribution in [2.45, 2.75) is 16.4 Å². The Bertz CT molecular complexity index is 575. The normalized spacial score (nSPS) is 10.7. The molecule has 0 radical (unpaired) electrons. The first-order chi connectivity index (χ1) is 8.60. The van der Waals surface area contributed by atoms with Gasteiger partial charge in [-0.1, -0.05) is 17.8 Å². The van der Waals surface area contributed by atoms with Crippen LogP contribution in [-0.2, 0) is 6.61 Å². The fraction of sp³-hybridized carbons (Fsp3) is 0.0769. The highest BCUT2D eigenvalue weighted by atomic mass is 79.9. The first-order valence-electron chi connectivity index (χ1n) is 5.12. The number of hydrogen-bond donors (Lipinski definition) is 1. The molecule has 0 amide bonds. The lowest BCUT2D eigenvalue weighted by Gasteiger charge is -2.07. The van der Waals surface area contributed by atoms with Crippen molar-refractivity contribution in [2.75, 3.05) is 0 Å². The summed E-state index contributed by atoms with van der Waals surface area (Å²) >= 11 is 4.55. The van der Waals surface area contributed by atoms with Crippen molar-refractivity contribution in [2.24, 2.45) is 0 Å². The first kappa shape index (κ1) is 13.5. The highest BCUT2D eigenvalue weighted by Crippen LogP contribution is 2.35. The summed E-state index contributed by atoms with van der Waals surface area (Å²) in [5, 5.41) is 8.99. The molecular weight excluding hydrogens is 322 g/mol. The van der Waals surface area contributed by atoms with Gasteiger partial charge < -0.3 is 5.11 Å². The number of halogens is 3. The highest BCUT2D eigenvalue weighted by molar-refractivity contribution is 9.10. The Morgan fingerprint density at radius 1 is 1.06 bits per heavy atom. The van der Waals surface area contributed by atoms with Gasteiger partial charge in [0, 0.05) is 20.3 Å². The zero-order valence-electron chi connectivity index (χ0n) is 9.16. The maximum atomic E-state index is 13.5. The summed E-state index contributed by atoms with van der Waals surface area (Å²) in [5.41, 5.74) is 0.769. The monoisotopic (exact) mass is 330 g/mol. The number of benzene rings is 2. The Kier molecular flexibility index (Phi) is 4.37. The summed E-state index contributed by atoms with van der Waals surface area (Å²) in [6.45, 7) is -0.0472. The second-order valence-corrected chi connectivity index (χ2v) is 5.54. The quantitative estimate of drug-likeness (QED) is 0.901. The lowest BCUT2D eigenvalue weighted by atomic mass is 10.2. The fourth-order valence-electron chi connectivity index (χ4n) is 1.40. The SMILES string of the molecule is OCc1ccc(Sc2ccc(F)cc2F)c(Br)c1. The molecule has 94 valence electrons. The summed E-state index contributed by atoms with van der Waals surface area (Å²) in [4.78, 5) is 1.16. The van der Waals surface area contributed by atoms with Crippen LogP contribution in [0.5, 0.6) is 0 Å². The van der Waals surface area contributed by atoms with E-state index in [1.165, 1.54) is 23.9 Å². The third-order valence-corrected chi connectivity index (χ3v) is 4.34. The van der Waals surface area contributed by atoms with Crippen LogP contribution < -0.4 is 0 Å². The van der Waals surface area contributed by atoms with Crippen molar-refractivity contribution >= 4 is 27.7 Å². The van der Waals surface area contributed by atoms with Gasteiger partial charge >= 0.3 is 0 Å². The van der Waals surface area contributed by atoms with Crippen molar-refractivity contribution in [3.05, 3.63) is 58.1 Å². The van der Waals surface area contributed by atoms with E-state index in [9.17, 15) is 8.78 Å². The minimum Gasteiger partial charge on any atom is -0.392 e. The highest BCUT2D eigenvalue weighted by Gasteiger charge is 2.08. The van der Waals surface area contributed by atoms with Crippen LogP contribution in [0.3, 0.4) is 0 Å². The van der Waals surface area contributed by atoms with Crippen LogP contribution in [0.1, 0.15) is 5.56 Å². The molecule has 0 heterocycles. The molecule has 18 heavy (non-hydrogen) atoms. The Balaban J connectivity index is 2.28. The van der Waals surface area contributed by atoms with E-state index in [-0.39, 0.29) is 6.61 Å². The molecule has 2 aromatic rings. The minimum absolute atomic E-state index is 0.0472. The summed E-state index contributed by atoms with van der Waals surface area (Å²) in [6.07, 6.45) is 0. The van der Waals surface area contributed by atoms with E-state index in [1.807, 2.05) is 0 Å². The zero-order valence-corrected chi connectivity index (χ0v) is 11.6. The van der Waals surface area contributed by atoms with Gasteiger partial charge in [0.1, 0.15) is 11.6 Å². The molecular formula is C13H9BrF2OS. The van der Waals surface area contributed by atoms with Crippen LogP contribution in [-0.4, -0.2) is 5.11 Å². The van der Waals surface area contributed by atoms with Gasteiger partial charge in [0.05, 0.1) is 6.61 Å². The Morgan fingerprint density at radius 3 is 2.39 bits per heavy atom. The predicted molar refractivity (Wildman–Crippen MR) is 70.5 cm³/mol. The smallest absolute Gasteiger partial charge is 0.140 e. The van der Waals surface area contributed by atoms with E-state index in [2.05, 4.69) is 15.9 Å². The molecule has 0 atom stereocenters. The Morgan fingerprint density at radius 2 is 1.78 bits per heavy atom. The lowest BCUT2D eigenvalue weighted by molar-refractivity contribution is 0.281. The van der Waals surface area contributed by atoms with Crippen molar-refractivity contribution in [3.63, 3.8) is 0 Å². The van der Waals surface area contributed by atoms with Gasteiger partial charge in [0.25, 0.3) is 0 Å². The van der Waals surface area contributed by atoms with Crippen LogP contribution in [0.25, 0.3) is 0 Å². The summed E-state index contributed by atoms with van der Waals surface area (Å²) in [5.74, 6) is -1.18. The van der Waals surface area contributed by atoms with Crippen LogP contribution in [0.15, 0.2) is 50.7 Å². The van der Waals surface area contributed by atoms with Crippen molar-refractivity contribution in [3.8, 4) is 0 Å². The topological polar surface area (TPSA) is 20.2 Å². The second-order valence-electron chi connectivity index (χ2n) is 3.60. The minimum atomic E-state index is -0.591. The maximum Gasteiger partial charge on any atom is 0.140 e. The lowest BCUT2D eigenvalue weighted by Crippen LogP contribution is -1.86. The predicted octanol–water partition coefficient (Wildman–Crippen LogP) is 4.37. The second kappa shape index (κ2) is 5.82. The zero-order chi connectivity index (χ0) is 13.1. The number of aliphatic hydroxyl groups is 1. The van der Waals surface area contributed by atoms with E-state index >= 15 is 0 Å². The largest absolute Gasteiger partial charge is 0.392 e. The van der Waals surface area contributed by atoms with E-state index in [0.717, 1.165) is 21.0 Å². The number of hydrogen-bond acceptors (Lipinski definition) is 2. The van der Waals surface area contributed by atoms with E-state index in [0.29, 0.717) is 4.90 Å². The van der Waals surface area contributed by atoms with E-state index < -0.39 is 11.6 Å². The van der Waals surface area contributed by atoms with E-state index in [4.69, 9.17) is 5.11 Å². The van der Waals surface area contributed by atoms with Gasteiger partial charge in [0.2, 0.25) is 0 Å². The molecule has 2 rings (SSSR count).